The van der Waals surface area contributed by atoms with Crippen molar-refractivity contribution in [2.75, 3.05) is 0 Å². The van der Waals surface area contributed by atoms with E-state index in [0.717, 1.165) is 58.6 Å². The van der Waals surface area contributed by atoms with Crippen LogP contribution in [0.2, 0.25) is 0 Å². The second-order valence-corrected chi connectivity index (χ2v) is 11.0. The molecule has 1 N–H and O–H groups in total. The number of aryl methyl sites for hydroxylation is 1. The molecule has 3 aromatic heterocycles. The van der Waals surface area contributed by atoms with Gasteiger partial charge in [-0.2, -0.15) is 4.98 Å². The zero-order valence-electron chi connectivity index (χ0n) is 23.6. The summed E-state index contributed by atoms with van der Waals surface area (Å²) in [6, 6.07) is 21.9. The Morgan fingerprint density at radius 2 is 1.67 bits per heavy atom. The average molecular weight is 577 g/mol. The molecule has 0 aliphatic heterocycles. The van der Waals surface area contributed by atoms with Crippen LogP contribution < -0.4 is 11.3 Å². The van der Waals surface area contributed by atoms with Crippen molar-refractivity contribution in [3.05, 3.63) is 128 Å². The predicted molar refractivity (Wildman–Crippen MR) is 160 cm³/mol. The van der Waals surface area contributed by atoms with Gasteiger partial charge in [-0.3, -0.25) is 18.9 Å². The van der Waals surface area contributed by atoms with Gasteiger partial charge in [0, 0.05) is 23.5 Å². The second-order valence-electron chi connectivity index (χ2n) is 11.0. The smallest absolute Gasteiger partial charge is 0.296 e. The first-order valence-electron chi connectivity index (χ1n) is 14.5. The molecule has 7 rings (SSSR count). The average Bonchev–Trinajstić information content (AvgIpc) is 3.64. The van der Waals surface area contributed by atoms with Crippen LogP contribution in [0.4, 0.5) is 4.39 Å². The third-order valence-electron chi connectivity index (χ3n) is 7.91. The number of H-pyrrole nitrogens is 1. The van der Waals surface area contributed by atoms with Crippen LogP contribution in [0.25, 0.3) is 28.3 Å². The molecule has 10 heteroatoms. The van der Waals surface area contributed by atoms with E-state index >= 15 is 0 Å². The topological polar surface area (TPSA) is 111 Å². The fourth-order valence-corrected chi connectivity index (χ4v) is 5.57. The van der Waals surface area contributed by atoms with Crippen LogP contribution in [0.15, 0.2) is 86.9 Å². The van der Waals surface area contributed by atoms with Crippen LogP contribution in [-0.4, -0.2) is 29.3 Å². The van der Waals surface area contributed by atoms with Gasteiger partial charge >= 0.3 is 5.76 Å². The van der Waals surface area contributed by atoms with E-state index in [1.54, 1.807) is 16.7 Å². The summed E-state index contributed by atoms with van der Waals surface area (Å²) in [4.78, 5) is 33.2. The summed E-state index contributed by atoms with van der Waals surface area (Å²) < 4.78 is 21.9. The summed E-state index contributed by atoms with van der Waals surface area (Å²) in [6.45, 7) is 2.36. The molecule has 0 radical (unpaired) electrons. The van der Waals surface area contributed by atoms with Gasteiger partial charge in [0.15, 0.2) is 11.6 Å². The van der Waals surface area contributed by atoms with E-state index in [-0.39, 0.29) is 17.9 Å². The number of fused-ring (bicyclic) bond motifs is 1. The highest BCUT2D eigenvalue weighted by Gasteiger charge is 2.30. The summed E-state index contributed by atoms with van der Waals surface area (Å²) >= 11 is 0. The Labute approximate surface area is 245 Å². The SMILES string of the molecule is CCCc1c(Cc2ccc(-c3ccccc3-c3noc(=O)[nH]3)cc2)c(=O)n(Cc2ccc(F)cc2)c2nc(C3CC3)nn12. The molecule has 0 bridgehead atoms. The first-order chi connectivity index (χ1) is 21.0. The molecule has 1 fully saturated rings. The normalized spacial score (nSPS) is 13.2. The second kappa shape index (κ2) is 10.9. The van der Waals surface area contributed by atoms with E-state index in [9.17, 15) is 14.0 Å². The minimum absolute atomic E-state index is 0.112. The van der Waals surface area contributed by atoms with Gasteiger partial charge in [-0.05, 0) is 53.6 Å². The lowest BCUT2D eigenvalue weighted by atomic mass is 9.96. The molecule has 0 spiro atoms. The summed E-state index contributed by atoms with van der Waals surface area (Å²) in [7, 11) is 0. The number of rotatable bonds is 9. The number of nitrogens with zero attached hydrogens (tertiary/aromatic N) is 5. The standard InChI is InChI=1S/C33H29FN6O3/c1-2-5-28-27(18-20-8-12-22(13-9-20)25-6-3-4-7-26(25)30-36-33(42)43-38-30)31(41)39(19-21-10-16-24(34)17-11-21)32-35-29(23-14-15-23)37-40(28)32/h3-4,6-13,16-17,23H,2,5,14-15,18-19H2,1H3,(H,36,38,42). The van der Waals surface area contributed by atoms with E-state index in [1.165, 1.54) is 12.1 Å². The maximum atomic E-state index is 14.2. The van der Waals surface area contributed by atoms with E-state index in [4.69, 9.17) is 14.6 Å². The molecule has 43 heavy (non-hydrogen) atoms. The highest BCUT2D eigenvalue weighted by Crippen LogP contribution is 2.38. The third-order valence-corrected chi connectivity index (χ3v) is 7.91. The van der Waals surface area contributed by atoms with Gasteiger partial charge in [0.2, 0.25) is 5.78 Å². The van der Waals surface area contributed by atoms with Crippen molar-refractivity contribution >= 4 is 5.78 Å². The molecule has 1 saturated carbocycles. The molecule has 1 aliphatic carbocycles. The van der Waals surface area contributed by atoms with Crippen molar-refractivity contribution in [2.24, 2.45) is 0 Å². The molecule has 1 aliphatic rings. The maximum Gasteiger partial charge on any atom is 0.439 e. The molecular formula is C33H29FN6O3. The number of benzene rings is 3. The van der Waals surface area contributed by atoms with E-state index < -0.39 is 5.76 Å². The first-order valence-corrected chi connectivity index (χ1v) is 14.5. The van der Waals surface area contributed by atoms with Gasteiger partial charge in [0.25, 0.3) is 5.56 Å². The lowest BCUT2D eigenvalue weighted by Crippen LogP contribution is -2.30. The lowest BCUT2D eigenvalue weighted by molar-refractivity contribution is 0.388. The van der Waals surface area contributed by atoms with Crippen molar-refractivity contribution in [3.63, 3.8) is 0 Å². The molecule has 9 nitrogen and oxygen atoms in total. The summed E-state index contributed by atoms with van der Waals surface area (Å²) in [5.74, 6) is 1.07. The van der Waals surface area contributed by atoms with Crippen LogP contribution in [0.3, 0.4) is 0 Å². The Bertz CT molecular complexity index is 2050. The van der Waals surface area contributed by atoms with Gasteiger partial charge < -0.3 is 0 Å². The molecule has 0 amide bonds. The predicted octanol–water partition coefficient (Wildman–Crippen LogP) is 5.51. The summed E-state index contributed by atoms with van der Waals surface area (Å²) in [5, 5.41) is 8.75. The van der Waals surface area contributed by atoms with E-state index in [1.807, 2.05) is 53.0 Å². The zero-order chi connectivity index (χ0) is 29.5. The molecule has 0 atom stereocenters. The minimum atomic E-state index is -0.610. The summed E-state index contributed by atoms with van der Waals surface area (Å²) in [6.07, 6.45) is 4.06. The van der Waals surface area contributed by atoms with Crippen molar-refractivity contribution in [1.29, 1.82) is 0 Å². The number of aromatic nitrogens is 6. The number of nitrogens with one attached hydrogen (secondary N) is 1. The highest BCUT2D eigenvalue weighted by molar-refractivity contribution is 5.80. The Morgan fingerprint density at radius 1 is 0.953 bits per heavy atom. The molecule has 0 unspecified atom stereocenters. The highest BCUT2D eigenvalue weighted by atomic mass is 19.1. The molecule has 6 aromatic rings. The van der Waals surface area contributed by atoms with Gasteiger partial charge in [0.1, 0.15) is 5.82 Å². The maximum absolute atomic E-state index is 14.2. The Balaban J connectivity index is 1.29. The molecule has 216 valence electrons. The fraction of sp³-hybridized carbons (Fsp3) is 0.242. The number of halogens is 1. The largest absolute Gasteiger partial charge is 0.439 e. The molecule has 3 aromatic carbocycles. The number of hydrogen-bond donors (Lipinski definition) is 1. The van der Waals surface area contributed by atoms with Gasteiger partial charge in [0.05, 0.1) is 12.2 Å². The zero-order valence-corrected chi connectivity index (χ0v) is 23.6. The van der Waals surface area contributed by atoms with Gasteiger partial charge in [-0.15, -0.1) is 5.10 Å². The molecular weight excluding hydrogens is 547 g/mol. The molecule has 3 heterocycles. The number of hydrogen-bond acceptors (Lipinski definition) is 6. The van der Waals surface area contributed by atoms with Crippen molar-refractivity contribution in [1.82, 2.24) is 29.3 Å². The van der Waals surface area contributed by atoms with Crippen molar-refractivity contribution < 1.29 is 8.91 Å². The monoisotopic (exact) mass is 576 g/mol. The van der Waals surface area contributed by atoms with Crippen LogP contribution in [0.5, 0.6) is 0 Å². The third kappa shape index (κ3) is 5.20. The van der Waals surface area contributed by atoms with Crippen molar-refractivity contribution in [3.8, 4) is 22.5 Å². The first kappa shape index (κ1) is 26.8. The summed E-state index contributed by atoms with van der Waals surface area (Å²) in [5.41, 5.74) is 5.80. The van der Waals surface area contributed by atoms with Crippen molar-refractivity contribution in [2.45, 2.75) is 51.5 Å². The van der Waals surface area contributed by atoms with Crippen LogP contribution in [-0.2, 0) is 19.4 Å². The van der Waals surface area contributed by atoms with Crippen LogP contribution >= 0.6 is 0 Å². The Kier molecular flexibility index (Phi) is 6.81. The Hall–Kier alpha value is -5.12. The lowest BCUT2D eigenvalue weighted by Gasteiger charge is -2.16. The van der Waals surface area contributed by atoms with Gasteiger partial charge in [-0.1, -0.05) is 79.2 Å². The van der Waals surface area contributed by atoms with Crippen LogP contribution in [0, 0.1) is 5.82 Å². The number of aromatic amines is 1. The quantitative estimate of drug-likeness (QED) is 0.243. The van der Waals surface area contributed by atoms with E-state index in [2.05, 4.69) is 17.1 Å². The minimum Gasteiger partial charge on any atom is -0.296 e. The fourth-order valence-electron chi connectivity index (χ4n) is 5.57. The van der Waals surface area contributed by atoms with E-state index in [0.29, 0.717) is 35.9 Å². The Morgan fingerprint density at radius 3 is 2.35 bits per heavy atom. The van der Waals surface area contributed by atoms with Crippen LogP contribution in [0.1, 0.15) is 60.3 Å². The molecule has 0 saturated heterocycles. The van der Waals surface area contributed by atoms with Gasteiger partial charge in [-0.25, -0.2) is 13.7 Å².